The van der Waals surface area contributed by atoms with Gasteiger partial charge < -0.3 is 19.6 Å². The van der Waals surface area contributed by atoms with Crippen molar-refractivity contribution in [2.24, 2.45) is 5.92 Å². The summed E-state index contributed by atoms with van der Waals surface area (Å²) in [7, 11) is 1.86. The minimum absolute atomic E-state index is 0.0784. The molecule has 0 radical (unpaired) electrons. The third kappa shape index (κ3) is 3.85. The molecule has 1 N–H and O–H groups in total. The second kappa shape index (κ2) is 6.92. The molecule has 6 nitrogen and oxygen atoms in total. The first-order valence-corrected chi connectivity index (χ1v) is 7.39. The number of hydrogen-bond donors (Lipinski definition) is 1. The lowest BCUT2D eigenvalue weighted by molar-refractivity contribution is -0.137. The van der Waals surface area contributed by atoms with E-state index in [0.717, 1.165) is 39.0 Å². The first-order valence-electron chi connectivity index (χ1n) is 7.39. The Labute approximate surface area is 119 Å². The van der Waals surface area contributed by atoms with Crippen LogP contribution in [-0.2, 0) is 9.53 Å². The van der Waals surface area contributed by atoms with Gasteiger partial charge in [-0.05, 0) is 31.6 Å². The predicted octanol–water partition coefficient (Wildman–Crippen LogP) is 1.40. The van der Waals surface area contributed by atoms with Crippen molar-refractivity contribution in [3.05, 3.63) is 0 Å². The van der Waals surface area contributed by atoms with Gasteiger partial charge in [0.2, 0.25) is 0 Å². The van der Waals surface area contributed by atoms with Crippen molar-refractivity contribution in [2.75, 3.05) is 33.4 Å². The van der Waals surface area contributed by atoms with Gasteiger partial charge in [-0.3, -0.25) is 4.79 Å². The molecule has 0 spiro atoms. The van der Waals surface area contributed by atoms with E-state index in [1.807, 2.05) is 16.8 Å². The van der Waals surface area contributed by atoms with E-state index in [2.05, 4.69) is 0 Å². The maximum Gasteiger partial charge on any atom is 0.320 e. The molecule has 1 atom stereocenters. The van der Waals surface area contributed by atoms with Crippen LogP contribution in [0.3, 0.4) is 0 Å². The Balaban J connectivity index is 1.79. The zero-order valence-electron chi connectivity index (χ0n) is 12.1. The Morgan fingerprint density at radius 1 is 1.30 bits per heavy atom. The van der Waals surface area contributed by atoms with Gasteiger partial charge in [0.1, 0.15) is 0 Å². The average molecular weight is 284 g/mol. The van der Waals surface area contributed by atoms with Crippen LogP contribution in [0, 0.1) is 5.92 Å². The van der Waals surface area contributed by atoms with Crippen molar-refractivity contribution >= 4 is 12.0 Å². The van der Waals surface area contributed by atoms with Crippen LogP contribution in [0.5, 0.6) is 0 Å². The minimum Gasteiger partial charge on any atom is -0.481 e. The molecule has 2 heterocycles. The highest BCUT2D eigenvalue weighted by molar-refractivity contribution is 5.75. The number of carbonyl (C=O) groups is 2. The molecule has 0 aliphatic carbocycles. The lowest BCUT2D eigenvalue weighted by atomic mass is 10.0. The van der Waals surface area contributed by atoms with Crippen molar-refractivity contribution in [1.29, 1.82) is 0 Å². The molecule has 2 saturated heterocycles. The number of urea groups is 1. The molecule has 2 amide bonds. The summed E-state index contributed by atoms with van der Waals surface area (Å²) in [6.45, 7) is 2.89. The van der Waals surface area contributed by atoms with E-state index in [1.54, 1.807) is 0 Å². The predicted molar refractivity (Wildman–Crippen MR) is 73.5 cm³/mol. The summed E-state index contributed by atoms with van der Waals surface area (Å²) >= 11 is 0. The molecule has 20 heavy (non-hydrogen) atoms. The summed E-state index contributed by atoms with van der Waals surface area (Å²) in [4.78, 5) is 26.7. The Hall–Kier alpha value is -1.30. The van der Waals surface area contributed by atoms with Crippen LogP contribution in [-0.4, -0.2) is 66.3 Å². The van der Waals surface area contributed by atoms with Crippen LogP contribution >= 0.6 is 0 Å². The van der Waals surface area contributed by atoms with Gasteiger partial charge in [0.15, 0.2) is 0 Å². The molecule has 0 aromatic heterocycles. The van der Waals surface area contributed by atoms with Crippen LogP contribution in [0.25, 0.3) is 0 Å². The summed E-state index contributed by atoms with van der Waals surface area (Å²) in [5.41, 5.74) is 0. The Morgan fingerprint density at radius 2 is 2.00 bits per heavy atom. The van der Waals surface area contributed by atoms with Crippen LogP contribution < -0.4 is 0 Å². The molecule has 114 valence electrons. The normalized spacial score (nSPS) is 23.9. The van der Waals surface area contributed by atoms with E-state index < -0.39 is 5.97 Å². The molecule has 0 saturated carbocycles. The average Bonchev–Trinajstić information content (AvgIpc) is 2.93. The molecule has 1 unspecified atom stereocenters. The van der Waals surface area contributed by atoms with Crippen molar-refractivity contribution in [3.8, 4) is 0 Å². The lowest BCUT2D eigenvalue weighted by Gasteiger charge is -2.34. The third-order valence-electron chi connectivity index (χ3n) is 4.36. The number of aliphatic carboxylic acids is 1. The van der Waals surface area contributed by atoms with Crippen molar-refractivity contribution < 1.29 is 19.4 Å². The largest absolute Gasteiger partial charge is 0.481 e. The second-order valence-electron chi connectivity index (χ2n) is 5.77. The van der Waals surface area contributed by atoms with Gasteiger partial charge in [-0.2, -0.15) is 0 Å². The van der Waals surface area contributed by atoms with Crippen LogP contribution in [0.15, 0.2) is 0 Å². The van der Waals surface area contributed by atoms with Gasteiger partial charge in [0, 0.05) is 45.8 Å². The van der Waals surface area contributed by atoms with E-state index in [4.69, 9.17) is 9.84 Å². The highest BCUT2D eigenvalue weighted by Crippen LogP contribution is 2.23. The fourth-order valence-corrected chi connectivity index (χ4v) is 3.02. The fraction of sp³-hybridized carbons (Fsp3) is 0.857. The number of nitrogens with zero attached hydrogens (tertiary/aromatic N) is 2. The zero-order valence-corrected chi connectivity index (χ0v) is 12.1. The summed E-state index contributed by atoms with van der Waals surface area (Å²) in [5.74, 6) is -0.424. The maximum atomic E-state index is 12.4. The molecule has 0 bridgehead atoms. The van der Waals surface area contributed by atoms with Crippen LogP contribution in [0.2, 0.25) is 0 Å². The standard InChI is InChI=1S/C14H24N2O4/c1-15(12-5-8-20-9-6-12)14(19)16-7-4-11(10-16)2-3-13(17)18/h11-12H,2-10H2,1H3,(H,17,18). The summed E-state index contributed by atoms with van der Waals surface area (Å²) in [6, 6.07) is 0.351. The SMILES string of the molecule is CN(C(=O)N1CCC(CCC(=O)O)C1)C1CCOCC1. The van der Waals surface area contributed by atoms with Crippen LogP contribution in [0.1, 0.15) is 32.1 Å². The monoisotopic (exact) mass is 284 g/mol. The summed E-state index contributed by atoms with van der Waals surface area (Å²) in [5, 5.41) is 8.71. The van der Waals surface area contributed by atoms with Crippen molar-refractivity contribution in [1.82, 2.24) is 9.80 Å². The zero-order chi connectivity index (χ0) is 14.5. The molecule has 6 heteroatoms. The van der Waals surface area contributed by atoms with E-state index in [-0.39, 0.29) is 18.5 Å². The van der Waals surface area contributed by atoms with Gasteiger partial charge in [-0.1, -0.05) is 0 Å². The Kier molecular flexibility index (Phi) is 5.23. The molecular formula is C14H24N2O4. The van der Waals surface area contributed by atoms with Gasteiger partial charge in [0.25, 0.3) is 0 Å². The van der Waals surface area contributed by atoms with Gasteiger partial charge in [-0.15, -0.1) is 0 Å². The number of ether oxygens (including phenoxy) is 1. The van der Waals surface area contributed by atoms with Gasteiger partial charge in [0.05, 0.1) is 0 Å². The topological polar surface area (TPSA) is 70.1 Å². The minimum atomic E-state index is -0.755. The molecule has 0 aromatic rings. The van der Waals surface area contributed by atoms with E-state index >= 15 is 0 Å². The second-order valence-corrected chi connectivity index (χ2v) is 5.77. The lowest BCUT2D eigenvalue weighted by Crippen LogP contribution is -2.47. The molecule has 2 aliphatic rings. The molecule has 2 aliphatic heterocycles. The smallest absolute Gasteiger partial charge is 0.320 e. The number of rotatable bonds is 4. The number of carbonyl (C=O) groups excluding carboxylic acids is 1. The number of hydrogen-bond acceptors (Lipinski definition) is 3. The van der Waals surface area contributed by atoms with Gasteiger partial charge >= 0.3 is 12.0 Å². The van der Waals surface area contributed by atoms with Crippen LogP contribution in [0.4, 0.5) is 4.79 Å². The van der Waals surface area contributed by atoms with E-state index in [0.29, 0.717) is 18.9 Å². The molecule has 2 rings (SSSR count). The highest BCUT2D eigenvalue weighted by atomic mass is 16.5. The highest BCUT2D eigenvalue weighted by Gasteiger charge is 2.31. The van der Waals surface area contributed by atoms with E-state index in [1.165, 1.54) is 0 Å². The summed E-state index contributed by atoms with van der Waals surface area (Å²) < 4.78 is 5.32. The molecule has 0 aromatic carbocycles. The maximum absolute atomic E-state index is 12.4. The fourth-order valence-electron chi connectivity index (χ4n) is 3.02. The first kappa shape index (κ1) is 15.1. The number of carboxylic acids is 1. The number of carboxylic acid groups (broad SMARTS) is 1. The summed E-state index contributed by atoms with van der Waals surface area (Å²) in [6.07, 6.45) is 3.58. The van der Waals surface area contributed by atoms with E-state index in [9.17, 15) is 9.59 Å². The molecular weight excluding hydrogens is 260 g/mol. The van der Waals surface area contributed by atoms with Gasteiger partial charge in [-0.25, -0.2) is 4.79 Å². The number of likely N-dealkylation sites (tertiary alicyclic amines) is 1. The number of amides is 2. The Bertz CT molecular complexity index is 355. The molecule has 2 fully saturated rings. The Morgan fingerprint density at radius 3 is 2.65 bits per heavy atom. The van der Waals surface area contributed by atoms with Crippen molar-refractivity contribution in [2.45, 2.75) is 38.1 Å². The van der Waals surface area contributed by atoms with Crippen molar-refractivity contribution in [3.63, 3.8) is 0 Å². The third-order valence-corrected chi connectivity index (χ3v) is 4.36. The quantitative estimate of drug-likeness (QED) is 0.847. The first-order chi connectivity index (χ1) is 9.58.